The largest absolute Gasteiger partial charge is 0.352 e. The van der Waals surface area contributed by atoms with E-state index in [0.29, 0.717) is 5.56 Å². The molecule has 0 bridgehead atoms. The van der Waals surface area contributed by atoms with Crippen LogP contribution in [0.1, 0.15) is 34.8 Å². The number of halogens is 2. The SMILES string of the molecule is CC1=C(c2ccc(CC(=O)c3c(F)cncc3F)cc2)CN(c2ccccn2)CC1. The highest BCUT2D eigenvalue weighted by Gasteiger charge is 2.20. The first kappa shape index (κ1) is 19.9. The molecule has 1 aromatic carbocycles. The molecule has 0 unspecified atom stereocenters. The summed E-state index contributed by atoms with van der Waals surface area (Å²) in [5, 5.41) is 0. The topological polar surface area (TPSA) is 46.1 Å². The molecule has 1 aliphatic heterocycles. The van der Waals surface area contributed by atoms with E-state index in [0.717, 1.165) is 43.3 Å². The Kier molecular flexibility index (Phi) is 5.65. The molecule has 0 spiro atoms. The van der Waals surface area contributed by atoms with Crippen LogP contribution in [0.5, 0.6) is 0 Å². The monoisotopic (exact) mass is 405 g/mol. The highest BCUT2D eigenvalue weighted by atomic mass is 19.1. The Bertz CT molecular complexity index is 1070. The highest BCUT2D eigenvalue weighted by Crippen LogP contribution is 2.29. The summed E-state index contributed by atoms with van der Waals surface area (Å²) in [6.07, 6.45) is 4.37. The molecule has 0 N–H and O–H groups in total. The Morgan fingerprint density at radius 3 is 2.47 bits per heavy atom. The van der Waals surface area contributed by atoms with Gasteiger partial charge in [-0.05, 0) is 42.2 Å². The summed E-state index contributed by atoms with van der Waals surface area (Å²) in [6, 6.07) is 13.5. The van der Waals surface area contributed by atoms with Gasteiger partial charge in [0, 0.05) is 25.7 Å². The molecule has 6 heteroatoms. The minimum atomic E-state index is -0.936. The molecule has 1 aliphatic rings. The number of anilines is 1. The molecule has 30 heavy (non-hydrogen) atoms. The van der Waals surface area contributed by atoms with Crippen molar-refractivity contribution < 1.29 is 13.6 Å². The van der Waals surface area contributed by atoms with E-state index >= 15 is 0 Å². The summed E-state index contributed by atoms with van der Waals surface area (Å²) in [4.78, 5) is 22.5. The van der Waals surface area contributed by atoms with Crippen molar-refractivity contribution in [3.8, 4) is 0 Å². The van der Waals surface area contributed by atoms with Gasteiger partial charge in [0.05, 0.1) is 18.0 Å². The van der Waals surface area contributed by atoms with Gasteiger partial charge in [-0.3, -0.25) is 9.78 Å². The van der Waals surface area contributed by atoms with Gasteiger partial charge >= 0.3 is 0 Å². The van der Waals surface area contributed by atoms with Crippen molar-refractivity contribution in [1.82, 2.24) is 9.97 Å². The Balaban J connectivity index is 1.51. The molecular formula is C24H21F2N3O. The van der Waals surface area contributed by atoms with Gasteiger partial charge in [0.2, 0.25) is 0 Å². The number of rotatable bonds is 5. The van der Waals surface area contributed by atoms with E-state index in [1.54, 1.807) is 6.20 Å². The van der Waals surface area contributed by atoms with Crippen LogP contribution in [0, 0.1) is 11.6 Å². The maximum absolute atomic E-state index is 13.8. The molecule has 0 saturated heterocycles. The van der Waals surface area contributed by atoms with Crippen LogP contribution in [-0.2, 0) is 6.42 Å². The van der Waals surface area contributed by atoms with Crippen molar-refractivity contribution in [2.45, 2.75) is 19.8 Å². The summed E-state index contributed by atoms with van der Waals surface area (Å²) in [7, 11) is 0. The van der Waals surface area contributed by atoms with Crippen LogP contribution >= 0.6 is 0 Å². The van der Waals surface area contributed by atoms with Crippen LogP contribution < -0.4 is 4.90 Å². The zero-order valence-electron chi connectivity index (χ0n) is 16.6. The molecule has 3 heterocycles. The third kappa shape index (κ3) is 4.13. The smallest absolute Gasteiger partial charge is 0.173 e. The van der Waals surface area contributed by atoms with Crippen molar-refractivity contribution in [3.05, 3.63) is 95.0 Å². The number of aromatic nitrogens is 2. The van der Waals surface area contributed by atoms with Crippen LogP contribution in [-0.4, -0.2) is 28.8 Å². The summed E-state index contributed by atoms with van der Waals surface area (Å²) in [5.74, 6) is -1.52. The maximum atomic E-state index is 13.8. The quantitative estimate of drug-likeness (QED) is 0.569. The lowest BCUT2D eigenvalue weighted by molar-refractivity contribution is 0.0984. The predicted molar refractivity (Wildman–Crippen MR) is 112 cm³/mol. The molecule has 0 radical (unpaired) electrons. The van der Waals surface area contributed by atoms with Gasteiger partial charge in [-0.25, -0.2) is 13.8 Å². The number of Topliss-reactive ketones (excluding diaryl/α,β-unsaturated/α-hetero) is 1. The van der Waals surface area contributed by atoms with E-state index in [1.165, 1.54) is 11.1 Å². The molecule has 0 atom stereocenters. The van der Waals surface area contributed by atoms with Crippen molar-refractivity contribution >= 4 is 17.2 Å². The van der Waals surface area contributed by atoms with Gasteiger partial charge in [-0.15, -0.1) is 0 Å². The molecular weight excluding hydrogens is 384 g/mol. The predicted octanol–water partition coefficient (Wildman–Crippen LogP) is 4.86. The normalized spacial score (nSPS) is 14.2. The van der Waals surface area contributed by atoms with Crippen molar-refractivity contribution in [2.75, 3.05) is 18.0 Å². The van der Waals surface area contributed by atoms with Crippen LogP contribution in [0.2, 0.25) is 0 Å². The molecule has 2 aromatic heterocycles. The summed E-state index contributed by atoms with van der Waals surface area (Å²) < 4.78 is 27.6. The Hall–Kier alpha value is -3.41. The van der Waals surface area contributed by atoms with E-state index in [1.807, 2.05) is 42.5 Å². The van der Waals surface area contributed by atoms with E-state index < -0.39 is 23.0 Å². The summed E-state index contributed by atoms with van der Waals surface area (Å²) in [5.41, 5.74) is 3.80. The van der Waals surface area contributed by atoms with E-state index in [4.69, 9.17) is 0 Å². The van der Waals surface area contributed by atoms with Gasteiger partial charge < -0.3 is 4.90 Å². The molecule has 152 valence electrons. The van der Waals surface area contributed by atoms with Crippen molar-refractivity contribution in [1.29, 1.82) is 0 Å². The Labute approximate surface area is 173 Å². The second-order valence-corrected chi connectivity index (χ2v) is 7.39. The van der Waals surface area contributed by atoms with Crippen molar-refractivity contribution in [3.63, 3.8) is 0 Å². The highest BCUT2D eigenvalue weighted by molar-refractivity contribution is 5.97. The summed E-state index contributed by atoms with van der Waals surface area (Å²) in [6.45, 7) is 3.81. The first-order valence-electron chi connectivity index (χ1n) is 9.79. The maximum Gasteiger partial charge on any atom is 0.173 e. The lowest BCUT2D eigenvalue weighted by Gasteiger charge is -2.31. The second kappa shape index (κ2) is 8.53. The molecule has 0 fully saturated rings. The van der Waals surface area contributed by atoms with E-state index in [-0.39, 0.29) is 6.42 Å². The minimum absolute atomic E-state index is 0.0732. The van der Waals surface area contributed by atoms with Crippen LogP contribution in [0.3, 0.4) is 0 Å². The average molecular weight is 405 g/mol. The van der Waals surface area contributed by atoms with Gasteiger partial charge in [0.1, 0.15) is 5.82 Å². The van der Waals surface area contributed by atoms with Crippen molar-refractivity contribution in [2.24, 2.45) is 0 Å². The number of benzene rings is 1. The minimum Gasteiger partial charge on any atom is -0.352 e. The number of ketones is 1. The molecule has 4 nitrogen and oxygen atoms in total. The molecule has 0 aliphatic carbocycles. The first-order chi connectivity index (χ1) is 14.5. The van der Waals surface area contributed by atoms with Gasteiger partial charge in [-0.2, -0.15) is 0 Å². The fourth-order valence-corrected chi connectivity index (χ4v) is 3.71. The molecule has 0 saturated carbocycles. The number of carbonyl (C=O) groups excluding carboxylic acids is 1. The Morgan fingerprint density at radius 2 is 1.80 bits per heavy atom. The number of hydrogen-bond acceptors (Lipinski definition) is 4. The zero-order chi connectivity index (χ0) is 21.1. The number of nitrogens with zero attached hydrogens (tertiary/aromatic N) is 3. The summed E-state index contributed by atoms with van der Waals surface area (Å²) >= 11 is 0. The van der Waals surface area contributed by atoms with E-state index in [2.05, 4.69) is 21.8 Å². The standard InChI is InChI=1S/C24H21F2N3O/c1-16-9-11-29(23-4-2-3-10-28-23)15-19(16)18-7-5-17(6-8-18)12-22(30)24-20(25)13-27-14-21(24)26/h2-8,10,13-14H,9,11-12,15H2,1H3. The third-order valence-corrected chi connectivity index (χ3v) is 5.39. The fourth-order valence-electron chi connectivity index (χ4n) is 3.71. The van der Waals surface area contributed by atoms with Gasteiger partial charge in [0.25, 0.3) is 0 Å². The third-order valence-electron chi connectivity index (χ3n) is 5.39. The lowest BCUT2D eigenvalue weighted by Crippen LogP contribution is -2.31. The first-order valence-corrected chi connectivity index (χ1v) is 9.79. The van der Waals surface area contributed by atoms with Crippen LogP contribution in [0.15, 0.2) is 66.6 Å². The number of hydrogen-bond donors (Lipinski definition) is 0. The fraction of sp³-hybridized carbons (Fsp3) is 0.208. The Morgan fingerprint density at radius 1 is 1.07 bits per heavy atom. The van der Waals surface area contributed by atoms with Crippen LogP contribution in [0.25, 0.3) is 5.57 Å². The molecule has 4 rings (SSSR count). The van der Waals surface area contributed by atoms with Gasteiger partial charge in [-0.1, -0.05) is 35.9 Å². The lowest BCUT2D eigenvalue weighted by atomic mass is 9.93. The average Bonchev–Trinajstić information content (AvgIpc) is 2.75. The molecule has 0 amide bonds. The molecule has 3 aromatic rings. The number of pyridine rings is 2. The second-order valence-electron chi connectivity index (χ2n) is 7.39. The van der Waals surface area contributed by atoms with E-state index in [9.17, 15) is 13.6 Å². The van der Waals surface area contributed by atoms with Crippen LogP contribution in [0.4, 0.5) is 14.6 Å². The zero-order valence-corrected chi connectivity index (χ0v) is 16.6. The van der Waals surface area contributed by atoms with Gasteiger partial charge in [0.15, 0.2) is 17.4 Å². The number of carbonyl (C=O) groups is 1.